The number of quaternary nitrogens is 1. The number of nitro groups is 1. The molecule has 0 radical (unpaired) electrons. The molecule has 1 aromatic rings. The molecule has 1 saturated heterocycles. The summed E-state index contributed by atoms with van der Waals surface area (Å²) in [6, 6.07) is 5.78. The average molecular weight is 525 g/mol. The van der Waals surface area contributed by atoms with Crippen molar-refractivity contribution in [3.8, 4) is 0 Å². The second-order valence-electron chi connectivity index (χ2n) is 8.47. The summed E-state index contributed by atoms with van der Waals surface area (Å²) in [6.45, 7) is 12.3. The molecule has 1 atom stereocenters. The fourth-order valence-corrected chi connectivity index (χ4v) is 4.64. The molecule has 1 aromatic carbocycles. The Balaban J connectivity index is 2.24. The highest BCUT2D eigenvalue weighted by molar-refractivity contribution is 7.84. The highest BCUT2D eigenvalue weighted by Crippen LogP contribution is 2.35. The highest BCUT2D eigenvalue weighted by Gasteiger charge is 2.52. The predicted molar refractivity (Wildman–Crippen MR) is 138 cm³/mol. The standard InChI is InChI=1S/C25H37N3O7S/c1-5-28(6-2,7-3)22-17-23(29)26(22)24(21(36)13-14-34-16-15-33-8-4)25(30)35-18-19-9-11-20(12-10-19)27(31)32/h9-12,22H,5-8,13-18H2,1-4H3/p+1. The van der Waals surface area contributed by atoms with Crippen LogP contribution in [0.25, 0.3) is 0 Å². The van der Waals surface area contributed by atoms with Crippen molar-refractivity contribution in [1.29, 1.82) is 0 Å². The van der Waals surface area contributed by atoms with Crippen LogP contribution < -0.4 is 0 Å². The summed E-state index contributed by atoms with van der Waals surface area (Å²) in [5.41, 5.74) is 0.683. The first kappa shape index (κ1) is 29.8. The minimum absolute atomic E-state index is 0.0468. The molecule has 0 N–H and O–H groups in total. The van der Waals surface area contributed by atoms with E-state index in [2.05, 4.69) is 33.4 Å². The zero-order valence-electron chi connectivity index (χ0n) is 21.6. The number of esters is 1. The summed E-state index contributed by atoms with van der Waals surface area (Å²) in [5.74, 6) is -0.809. The lowest BCUT2D eigenvalue weighted by molar-refractivity contribution is -0.958. The summed E-state index contributed by atoms with van der Waals surface area (Å²) >= 11 is 4.61. The van der Waals surface area contributed by atoms with Crippen LogP contribution in [-0.4, -0.2) is 78.4 Å². The zero-order valence-corrected chi connectivity index (χ0v) is 22.5. The molecule has 0 aliphatic carbocycles. The van der Waals surface area contributed by atoms with Crippen LogP contribution in [0, 0.1) is 10.1 Å². The van der Waals surface area contributed by atoms with E-state index in [4.69, 9.17) is 14.2 Å². The number of carbonyl (C=O) groups excluding carboxylic acids is 2. The average Bonchev–Trinajstić information content (AvgIpc) is 2.88. The number of hydrogen-bond donors (Lipinski definition) is 1. The minimum atomic E-state index is -0.660. The topological polar surface area (TPSA) is 108 Å². The number of nitrogens with zero attached hydrogens (tertiary/aromatic N) is 3. The third-order valence-corrected chi connectivity index (χ3v) is 7.16. The van der Waals surface area contributed by atoms with E-state index in [1.807, 2.05) is 6.92 Å². The van der Waals surface area contributed by atoms with E-state index in [1.54, 1.807) is 0 Å². The van der Waals surface area contributed by atoms with Crippen molar-refractivity contribution in [2.45, 2.75) is 53.3 Å². The Bertz CT molecular complexity index is 924. The summed E-state index contributed by atoms with van der Waals surface area (Å²) < 4.78 is 17.1. The van der Waals surface area contributed by atoms with Crippen molar-refractivity contribution in [3.05, 3.63) is 50.5 Å². The fraction of sp³-hybridized carbons (Fsp3) is 0.600. The molecule has 1 unspecified atom stereocenters. The van der Waals surface area contributed by atoms with Crippen LogP contribution >= 0.6 is 12.6 Å². The predicted octanol–water partition coefficient (Wildman–Crippen LogP) is 3.66. The molecule has 1 aliphatic heterocycles. The number of nitro benzene ring substituents is 1. The summed E-state index contributed by atoms with van der Waals surface area (Å²) in [6.07, 6.45) is 0.499. The summed E-state index contributed by atoms with van der Waals surface area (Å²) in [5, 5.41) is 10.9. The van der Waals surface area contributed by atoms with Crippen LogP contribution in [0.5, 0.6) is 0 Å². The maximum absolute atomic E-state index is 13.3. The smallest absolute Gasteiger partial charge is 0.356 e. The van der Waals surface area contributed by atoms with Crippen LogP contribution in [0.3, 0.4) is 0 Å². The van der Waals surface area contributed by atoms with Gasteiger partial charge in [-0.25, -0.2) is 4.79 Å². The monoisotopic (exact) mass is 524 g/mol. The molecule has 1 amide bonds. The molecular formula is C25H38N3O7S+. The first-order valence-corrected chi connectivity index (χ1v) is 12.8. The summed E-state index contributed by atoms with van der Waals surface area (Å²) in [7, 11) is 0. The molecule has 36 heavy (non-hydrogen) atoms. The molecule has 0 bridgehead atoms. The van der Waals surface area contributed by atoms with Crippen molar-refractivity contribution >= 4 is 30.2 Å². The molecule has 0 saturated carbocycles. The second-order valence-corrected chi connectivity index (χ2v) is 9.01. The first-order chi connectivity index (χ1) is 17.2. The lowest BCUT2D eigenvalue weighted by Crippen LogP contribution is -2.70. The van der Waals surface area contributed by atoms with Gasteiger partial charge in [-0.3, -0.25) is 19.8 Å². The van der Waals surface area contributed by atoms with Gasteiger partial charge in [0.05, 0.1) is 44.4 Å². The third kappa shape index (κ3) is 7.28. The Morgan fingerprint density at radius 1 is 1.08 bits per heavy atom. The third-order valence-electron chi connectivity index (χ3n) is 6.73. The van der Waals surface area contributed by atoms with Gasteiger partial charge in [0.25, 0.3) is 5.69 Å². The Morgan fingerprint density at radius 2 is 1.69 bits per heavy atom. The van der Waals surface area contributed by atoms with Crippen LogP contribution in [0.2, 0.25) is 0 Å². The van der Waals surface area contributed by atoms with E-state index in [9.17, 15) is 19.7 Å². The van der Waals surface area contributed by atoms with Gasteiger partial charge in [0.2, 0.25) is 5.91 Å². The Kier molecular flexibility index (Phi) is 11.8. The molecular weight excluding hydrogens is 486 g/mol. The fourth-order valence-electron chi connectivity index (χ4n) is 4.35. The number of thiol groups is 1. The van der Waals surface area contributed by atoms with E-state index >= 15 is 0 Å². The molecule has 0 spiro atoms. The molecule has 10 nitrogen and oxygen atoms in total. The van der Waals surface area contributed by atoms with E-state index in [1.165, 1.54) is 29.2 Å². The van der Waals surface area contributed by atoms with Crippen LogP contribution in [0.15, 0.2) is 34.9 Å². The number of likely N-dealkylation sites (tertiary alicyclic amines) is 1. The lowest BCUT2D eigenvalue weighted by atomic mass is 10.0. The van der Waals surface area contributed by atoms with Gasteiger partial charge in [0, 0.05) is 30.1 Å². The van der Waals surface area contributed by atoms with E-state index in [-0.39, 0.29) is 30.1 Å². The molecule has 1 fully saturated rings. The SMILES string of the molecule is CCOCCOCCC(S)=C(C(=O)OCc1ccc([N+](=O)[O-])cc1)N1C(=O)CC1[N+](CC)(CC)CC. The number of rotatable bonds is 16. The van der Waals surface area contributed by atoms with E-state index in [0.717, 1.165) is 19.6 Å². The highest BCUT2D eigenvalue weighted by atomic mass is 32.1. The van der Waals surface area contributed by atoms with Crippen molar-refractivity contribution in [2.75, 3.05) is 46.1 Å². The number of benzene rings is 1. The Morgan fingerprint density at radius 3 is 2.22 bits per heavy atom. The van der Waals surface area contributed by atoms with Crippen molar-refractivity contribution in [1.82, 2.24) is 4.90 Å². The van der Waals surface area contributed by atoms with Gasteiger partial charge in [-0.15, -0.1) is 12.6 Å². The van der Waals surface area contributed by atoms with Crippen molar-refractivity contribution in [2.24, 2.45) is 0 Å². The van der Waals surface area contributed by atoms with Gasteiger partial charge >= 0.3 is 5.97 Å². The maximum atomic E-state index is 13.3. The number of hydrogen-bond acceptors (Lipinski definition) is 8. The maximum Gasteiger partial charge on any atom is 0.356 e. The minimum Gasteiger partial charge on any atom is -0.456 e. The number of carbonyl (C=O) groups is 2. The number of ether oxygens (including phenoxy) is 3. The zero-order chi connectivity index (χ0) is 26.7. The van der Waals surface area contributed by atoms with Crippen LogP contribution in [0.4, 0.5) is 5.69 Å². The molecule has 1 aliphatic rings. The van der Waals surface area contributed by atoms with Gasteiger partial charge in [0.15, 0.2) is 6.17 Å². The molecule has 0 aromatic heterocycles. The normalized spacial score (nSPS) is 16.4. The van der Waals surface area contributed by atoms with Gasteiger partial charge in [-0.2, -0.15) is 0 Å². The lowest BCUT2D eigenvalue weighted by Gasteiger charge is -2.52. The van der Waals surface area contributed by atoms with E-state index < -0.39 is 10.9 Å². The van der Waals surface area contributed by atoms with Gasteiger partial charge in [-0.05, 0) is 45.4 Å². The molecule has 200 valence electrons. The number of amides is 1. The number of β-lactam (4-membered cyclic amide) rings is 1. The van der Waals surface area contributed by atoms with Crippen molar-refractivity contribution in [3.63, 3.8) is 0 Å². The van der Waals surface area contributed by atoms with Gasteiger partial charge in [0.1, 0.15) is 18.7 Å². The van der Waals surface area contributed by atoms with Gasteiger partial charge in [-0.1, -0.05) is 0 Å². The van der Waals surface area contributed by atoms with Gasteiger partial charge < -0.3 is 18.7 Å². The largest absolute Gasteiger partial charge is 0.456 e. The van der Waals surface area contributed by atoms with E-state index in [0.29, 0.717) is 54.2 Å². The quantitative estimate of drug-likeness (QED) is 0.0514. The van der Waals surface area contributed by atoms with Crippen LogP contribution in [0.1, 0.15) is 46.1 Å². The summed E-state index contributed by atoms with van der Waals surface area (Å²) in [4.78, 5) is 38.5. The Hall–Kier alpha value is -2.47. The molecule has 1 heterocycles. The number of non-ortho nitro benzene ring substituents is 1. The Labute approximate surface area is 218 Å². The molecule has 11 heteroatoms. The molecule has 2 rings (SSSR count). The first-order valence-electron chi connectivity index (χ1n) is 12.4. The van der Waals surface area contributed by atoms with Crippen molar-refractivity contribution < 1.29 is 33.2 Å². The van der Waals surface area contributed by atoms with Crippen LogP contribution in [-0.2, 0) is 30.4 Å². The second kappa shape index (κ2) is 14.3.